The smallest absolute Gasteiger partial charge is 0.227 e. The minimum Gasteiger partial charge on any atom is -0.349 e. The van der Waals surface area contributed by atoms with E-state index in [4.69, 9.17) is 17.3 Å². The van der Waals surface area contributed by atoms with Gasteiger partial charge in [0.25, 0.3) is 0 Å². The van der Waals surface area contributed by atoms with Crippen molar-refractivity contribution in [3.63, 3.8) is 0 Å². The van der Waals surface area contributed by atoms with Crippen LogP contribution in [-0.4, -0.2) is 12.5 Å². The summed E-state index contributed by atoms with van der Waals surface area (Å²) >= 11 is 5.90. The maximum absolute atomic E-state index is 12.3. The maximum atomic E-state index is 12.3. The Hall–Kier alpha value is -1.06. The van der Waals surface area contributed by atoms with E-state index in [0.29, 0.717) is 17.5 Å². The molecule has 1 unspecified atom stereocenters. The van der Waals surface area contributed by atoms with Crippen LogP contribution in [0.3, 0.4) is 0 Å². The van der Waals surface area contributed by atoms with Gasteiger partial charge in [0.15, 0.2) is 0 Å². The molecule has 1 aliphatic rings. The molecule has 0 aromatic heterocycles. The number of benzene rings is 1. The van der Waals surface area contributed by atoms with Gasteiger partial charge in [-0.05, 0) is 36.5 Å². The van der Waals surface area contributed by atoms with Crippen LogP contribution in [0.4, 0.5) is 0 Å². The van der Waals surface area contributed by atoms with Crippen LogP contribution in [0, 0.1) is 11.3 Å². The molecule has 104 valence electrons. The van der Waals surface area contributed by atoms with E-state index in [9.17, 15) is 4.79 Å². The van der Waals surface area contributed by atoms with Crippen LogP contribution in [0.25, 0.3) is 0 Å². The molecule has 1 fully saturated rings. The van der Waals surface area contributed by atoms with E-state index in [-0.39, 0.29) is 17.4 Å². The molecule has 0 saturated heterocycles. The van der Waals surface area contributed by atoms with Crippen LogP contribution >= 0.6 is 11.6 Å². The van der Waals surface area contributed by atoms with Gasteiger partial charge in [-0.1, -0.05) is 37.6 Å². The number of amides is 1. The molecule has 1 aromatic carbocycles. The molecule has 1 atom stereocenters. The summed E-state index contributed by atoms with van der Waals surface area (Å²) in [6.07, 6.45) is 1.81. The molecule has 0 bridgehead atoms. The van der Waals surface area contributed by atoms with Gasteiger partial charge in [0, 0.05) is 11.6 Å². The SMILES string of the molecule is CC(C)C(NC(=O)C1(CN)CC1)c1ccc(Cl)cc1. The summed E-state index contributed by atoms with van der Waals surface area (Å²) in [6.45, 7) is 4.63. The maximum Gasteiger partial charge on any atom is 0.227 e. The van der Waals surface area contributed by atoms with E-state index in [1.54, 1.807) is 0 Å². The number of hydrogen-bond donors (Lipinski definition) is 2. The molecule has 0 aliphatic heterocycles. The summed E-state index contributed by atoms with van der Waals surface area (Å²) in [4.78, 5) is 12.3. The Morgan fingerprint density at radius 2 is 1.95 bits per heavy atom. The quantitative estimate of drug-likeness (QED) is 0.871. The van der Waals surface area contributed by atoms with Crippen molar-refractivity contribution >= 4 is 17.5 Å². The zero-order valence-corrected chi connectivity index (χ0v) is 12.2. The second-order valence-corrected chi connectivity index (χ2v) is 6.17. The van der Waals surface area contributed by atoms with Crippen molar-refractivity contribution in [2.75, 3.05) is 6.54 Å². The Balaban J connectivity index is 2.13. The lowest BCUT2D eigenvalue weighted by atomic mass is 9.94. The van der Waals surface area contributed by atoms with Crippen molar-refractivity contribution < 1.29 is 4.79 Å². The van der Waals surface area contributed by atoms with E-state index < -0.39 is 0 Å². The summed E-state index contributed by atoms with van der Waals surface area (Å²) < 4.78 is 0. The highest BCUT2D eigenvalue weighted by Crippen LogP contribution is 2.45. The molecular weight excluding hydrogens is 260 g/mol. The van der Waals surface area contributed by atoms with Crippen molar-refractivity contribution in [3.05, 3.63) is 34.9 Å². The molecule has 0 spiro atoms. The minimum atomic E-state index is -0.306. The number of halogens is 1. The van der Waals surface area contributed by atoms with Crippen LogP contribution in [0.15, 0.2) is 24.3 Å². The molecular formula is C15H21ClN2O. The number of carbonyl (C=O) groups excluding carboxylic acids is 1. The molecule has 2 rings (SSSR count). The Kier molecular flexibility index (Phi) is 4.16. The van der Waals surface area contributed by atoms with Crippen LogP contribution in [-0.2, 0) is 4.79 Å². The predicted molar refractivity (Wildman–Crippen MR) is 77.9 cm³/mol. The molecule has 3 nitrogen and oxygen atoms in total. The molecule has 1 amide bonds. The lowest BCUT2D eigenvalue weighted by molar-refractivity contribution is -0.127. The number of rotatable bonds is 5. The first kappa shape index (κ1) is 14.4. The van der Waals surface area contributed by atoms with E-state index >= 15 is 0 Å². The second-order valence-electron chi connectivity index (χ2n) is 5.73. The fraction of sp³-hybridized carbons (Fsp3) is 0.533. The highest BCUT2D eigenvalue weighted by molar-refractivity contribution is 6.30. The van der Waals surface area contributed by atoms with Crippen molar-refractivity contribution in [1.82, 2.24) is 5.32 Å². The average molecular weight is 281 g/mol. The molecule has 0 radical (unpaired) electrons. The van der Waals surface area contributed by atoms with Gasteiger partial charge >= 0.3 is 0 Å². The van der Waals surface area contributed by atoms with Gasteiger partial charge in [-0.25, -0.2) is 0 Å². The minimum absolute atomic E-state index is 0.00814. The van der Waals surface area contributed by atoms with E-state index in [2.05, 4.69) is 19.2 Å². The summed E-state index contributed by atoms with van der Waals surface area (Å²) in [5, 5.41) is 3.85. The van der Waals surface area contributed by atoms with Gasteiger partial charge in [-0.2, -0.15) is 0 Å². The largest absolute Gasteiger partial charge is 0.349 e. The van der Waals surface area contributed by atoms with E-state index in [1.165, 1.54) is 0 Å². The Labute approximate surface area is 119 Å². The molecule has 1 aliphatic carbocycles. The van der Waals surface area contributed by atoms with Crippen LogP contribution in [0.2, 0.25) is 5.02 Å². The number of carbonyl (C=O) groups is 1. The third-order valence-corrected chi connectivity index (χ3v) is 4.16. The Bertz CT molecular complexity index is 452. The summed E-state index contributed by atoms with van der Waals surface area (Å²) in [7, 11) is 0. The van der Waals surface area contributed by atoms with Crippen molar-refractivity contribution in [2.24, 2.45) is 17.1 Å². The molecule has 0 heterocycles. The van der Waals surface area contributed by atoms with E-state index in [0.717, 1.165) is 18.4 Å². The topological polar surface area (TPSA) is 55.1 Å². The van der Waals surface area contributed by atoms with Crippen molar-refractivity contribution in [1.29, 1.82) is 0 Å². The first-order valence-corrected chi connectivity index (χ1v) is 7.13. The monoisotopic (exact) mass is 280 g/mol. The number of hydrogen-bond acceptors (Lipinski definition) is 2. The molecule has 4 heteroatoms. The lowest BCUT2D eigenvalue weighted by Gasteiger charge is -2.25. The Morgan fingerprint density at radius 3 is 2.37 bits per heavy atom. The fourth-order valence-electron chi connectivity index (χ4n) is 2.27. The van der Waals surface area contributed by atoms with Crippen LogP contribution < -0.4 is 11.1 Å². The summed E-state index contributed by atoms with van der Waals surface area (Å²) in [6, 6.07) is 7.65. The van der Waals surface area contributed by atoms with E-state index in [1.807, 2.05) is 24.3 Å². The van der Waals surface area contributed by atoms with Gasteiger partial charge in [-0.15, -0.1) is 0 Å². The first-order valence-electron chi connectivity index (χ1n) is 6.75. The van der Waals surface area contributed by atoms with Crippen LogP contribution in [0.5, 0.6) is 0 Å². The average Bonchev–Trinajstić information content (AvgIpc) is 3.17. The van der Waals surface area contributed by atoms with Gasteiger partial charge in [0.2, 0.25) is 5.91 Å². The molecule has 1 aromatic rings. The lowest BCUT2D eigenvalue weighted by Crippen LogP contribution is -2.40. The molecule has 1 saturated carbocycles. The molecule has 19 heavy (non-hydrogen) atoms. The highest BCUT2D eigenvalue weighted by atomic mass is 35.5. The van der Waals surface area contributed by atoms with Gasteiger partial charge in [0.1, 0.15) is 0 Å². The summed E-state index contributed by atoms with van der Waals surface area (Å²) in [5.41, 5.74) is 6.48. The Morgan fingerprint density at radius 1 is 1.37 bits per heavy atom. The van der Waals surface area contributed by atoms with Crippen molar-refractivity contribution in [3.8, 4) is 0 Å². The fourth-order valence-corrected chi connectivity index (χ4v) is 2.40. The first-order chi connectivity index (χ1) is 8.98. The van der Waals surface area contributed by atoms with Gasteiger partial charge in [-0.3, -0.25) is 4.79 Å². The zero-order chi connectivity index (χ0) is 14.0. The molecule has 3 N–H and O–H groups in total. The standard InChI is InChI=1S/C15H21ClN2O/c1-10(2)13(11-3-5-12(16)6-4-11)18-14(19)15(9-17)7-8-15/h3-6,10,13H,7-9,17H2,1-2H3,(H,18,19). The summed E-state index contributed by atoms with van der Waals surface area (Å²) in [5.74, 6) is 0.405. The van der Waals surface area contributed by atoms with Crippen LogP contribution in [0.1, 0.15) is 38.3 Å². The van der Waals surface area contributed by atoms with Gasteiger partial charge in [0.05, 0.1) is 11.5 Å². The third kappa shape index (κ3) is 3.10. The zero-order valence-electron chi connectivity index (χ0n) is 11.4. The second kappa shape index (κ2) is 5.51. The van der Waals surface area contributed by atoms with Crippen molar-refractivity contribution in [2.45, 2.75) is 32.7 Å². The number of nitrogens with one attached hydrogen (secondary N) is 1. The third-order valence-electron chi connectivity index (χ3n) is 3.91. The predicted octanol–water partition coefficient (Wildman–Crippen LogP) is 2.89. The van der Waals surface area contributed by atoms with Gasteiger partial charge < -0.3 is 11.1 Å². The normalized spacial score (nSPS) is 18.2. The highest BCUT2D eigenvalue weighted by Gasteiger charge is 2.49. The number of nitrogens with two attached hydrogens (primary N) is 1.